The van der Waals surface area contributed by atoms with Crippen LogP contribution >= 0.6 is 18.2 Å². The van der Waals surface area contributed by atoms with E-state index >= 15 is 0 Å². The SMILES string of the molecule is CCCCCCCCCCCCCCCC(=O)OC[C@@H](COP(=O)(Cl)OCC[N+](C)(C)C)OC(=O)CCCCCCCCCCCCCCC.O=S(=O)([O-])c1ccccc1. The van der Waals surface area contributed by atoms with Crippen LogP contribution in [0.4, 0.5) is 0 Å². The fraction of sp³-hybridized carbons (Fsp3) is 0.826. The molecular formula is C46H85ClNO10PS. The Morgan fingerprint density at radius 3 is 1.37 bits per heavy atom. The molecule has 11 nitrogen and oxygen atoms in total. The van der Waals surface area contributed by atoms with Crippen molar-refractivity contribution in [3.05, 3.63) is 30.3 Å². The monoisotopic (exact) mass is 910 g/mol. The molecule has 0 aliphatic rings. The molecule has 0 bridgehead atoms. The lowest BCUT2D eigenvalue weighted by Crippen LogP contribution is -2.37. The van der Waals surface area contributed by atoms with E-state index in [1.807, 2.05) is 21.1 Å². The maximum atomic E-state index is 12.7. The Hall–Kier alpha value is -1.53. The lowest BCUT2D eigenvalue weighted by molar-refractivity contribution is -0.870. The van der Waals surface area contributed by atoms with Gasteiger partial charge in [-0.25, -0.2) is 13.0 Å². The Kier molecular flexibility index (Phi) is 37.0. The highest BCUT2D eigenvalue weighted by Gasteiger charge is 2.27. The fourth-order valence-electron chi connectivity index (χ4n) is 6.41. The first-order chi connectivity index (χ1) is 28.6. The highest BCUT2D eigenvalue weighted by molar-refractivity contribution is 7.85. The van der Waals surface area contributed by atoms with Gasteiger partial charge in [0.2, 0.25) is 0 Å². The molecular weight excluding hydrogens is 825 g/mol. The lowest BCUT2D eigenvalue weighted by Gasteiger charge is -2.24. The third-order valence-electron chi connectivity index (χ3n) is 10.2. The van der Waals surface area contributed by atoms with Gasteiger partial charge in [0.05, 0.1) is 32.6 Å². The van der Waals surface area contributed by atoms with E-state index in [-0.39, 0.29) is 43.1 Å². The topological polar surface area (TPSA) is 145 Å². The standard InChI is InChI=1S/C40H80ClNO7P.C6H6O3S/c1-6-8-10-12-14-16-18-20-22-24-26-28-30-32-39(43)46-36-38(37-48-50(41,45)47-35-34-42(3,4)5)49-40(44)33-31-29-27-25-23-21-19-17-15-13-11-9-7-2;7-10(8,9)6-4-2-1-3-5-6/h38H,6-37H2,1-5H3;1-5H,(H,7,8,9)/q+1;/p-1/t38-,50?;/m0./s1. The molecule has 0 amide bonds. The molecule has 1 aromatic carbocycles. The van der Waals surface area contributed by atoms with E-state index in [2.05, 4.69) is 13.8 Å². The van der Waals surface area contributed by atoms with Crippen LogP contribution < -0.4 is 0 Å². The highest BCUT2D eigenvalue weighted by Crippen LogP contribution is 2.53. The van der Waals surface area contributed by atoms with Crippen LogP contribution in [0.2, 0.25) is 0 Å². The third kappa shape index (κ3) is 40.5. The summed E-state index contributed by atoms with van der Waals surface area (Å²) in [5.41, 5.74) is 0. The molecule has 0 saturated carbocycles. The summed E-state index contributed by atoms with van der Waals surface area (Å²) >= 11 is 6.03. The summed E-state index contributed by atoms with van der Waals surface area (Å²) in [7, 11) is 1.71. The first-order valence-corrected chi connectivity index (χ1v) is 27.2. The van der Waals surface area contributed by atoms with Crippen molar-refractivity contribution in [3.63, 3.8) is 0 Å². The number of unbranched alkanes of at least 4 members (excludes halogenated alkanes) is 24. The number of nitrogens with zero attached hydrogens (tertiary/aromatic N) is 1. The predicted octanol–water partition coefficient (Wildman–Crippen LogP) is 13.1. The molecule has 60 heavy (non-hydrogen) atoms. The lowest BCUT2D eigenvalue weighted by atomic mass is 10.0. The third-order valence-corrected chi connectivity index (χ3v) is 12.5. The first kappa shape index (κ1) is 58.5. The van der Waals surface area contributed by atoms with Gasteiger partial charge in [-0.3, -0.25) is 18.6 Å². The van der Waals surface area contributed by atoms with Gasteiger partial charge >= 0.3 is 18.9 Å². The van der Waals surface area contributed by atoms with E-state index in [0.29, 0.717) is 17.4 Å². The number of rotatable bonds is 39. The molecule has 0 aromatic heterocycles. The van der Waals surface area contributed by atoms with Gasteiger partial charge in [-0.2, -0.15) is 0 Å². The molecule has 14 heteroatoms. The number of esters is 2. The van der Waals surface area contributed by atoms with Gasteiger partial charge in [0, 0.05) is 24.1 Å². The van der Waals surface area contributed by atoms with Crippen molar-refractivity contribution in [2.24, 2.45) is 0 Å². The maximum absolute atomic E-state index is 12.7. The quantitative estimate of drug-likeness (QED) is 0.0206. The smallest absolute Gasteiger partial charge is 0.424 e. The number of carbonyl (C=O) groups is 2. The van der Waals surface area contributed by atoms with E-state index in [1.165, 1.54) is 153 Å². The van der Waals surface area contributed by atoms with E-state index in [4.69, 9.17) is 29.8 Å². The van der Waals surface area contributed by atoms with Crippen LogP contribution in [0.25, 0.3) is 0 Å². The van der Waals surface area contributed by atoms with Gasteiger partial charge in [-0.1, -0.05) is 186 Å². The summed E-state index contributed by atoms with van der Waals surface area (Å²) in [4.78, 5) is 24.9. The Morgan fingerprint density at radius 1 is 0.617 bits per heavy atom. The van der Waals surface area contributed by atoms with Gasteiger partial charge in [0.1, 0.15) is 29.9 Å². The normalized spacial score (nSPS) is 13.2. The summed E-state index contributed by atoms with van der Waals surface area (Å²) in [6.07, 6.45) is 31.8. The molecule has 0 spiro atoms. The minimum atomic E-state index is -4.25. The molecule has 1 rings (SSSR count). The van der Waals surface area contributed by atoms with Crippen LogP contribution in [0.1, 0.15) is 194 Å². The van der Waals surface area contributed by atoms with Crippen molar-refractivity contribution in [2.75, 3.05) is 47.5 Å². The van der Waals surface area contributed by atoms with Gasteiger partial charge in [-0.15, -0.1) is 0 Å². The molecule has 1 aromatic rings. The highest BCUT2D eigenvalue weighted by atomic mass is 35.7. The van der Waals surface area contributed by atoms with E-state index in [1.54, 1.807) is 6.07 Å². The predicted molar refractivity (Wildman–Crippen MR) is 244 cm³/mol. The second-order valence-electron chi connectivity index (χ2n) is 17.1. The molecule has 0 heterocycles. The van der Waals surface area contributed by atoms with Crippen molar-refractivity contribution >= 4 is 40.2 Å². The van der Waals surface area contributed by atoms with Crippen LogP contribution in [-0.2, 0) is 42.8 Å². The van der Waals surface area contributed by atoms with Crippen molar-refractivity contribution in [1.82, 2.24) is 0 Å². The average Bonchev–Trinajstić information content (AvgIpc) is 3.19. The molecule has 0 radical (unpaired) electrons. The van der Waals surface area contributed by atoms with Gasteiger partial charge in [-0.05, 0) is 25.0 Å². The van der Waals surface area contributed by atoms with Gasteiger partial charge in [0.25, 0.3) is 0 Å². The fourth-order valence-corrected chi connectivity index (χ4v) is 8.00. The Labute approximate surface area is 371 Å². The number of ether oxygens (including phenoxy) is 2. The van der Waals surface area contributed by atoms with E-state index < -0.39 is 23.2 Å². The Morgan fingerprint density at radius 2 is 1.00 bits per heavy atom. The number of hydrogen-bond acceptors (Lipinski definition) is 10. The summed E-state index contributed by atoms with van der Waals surface area (Å²) in [5, 5.41) is 0. The average molecular weight is 911 g/mol. The van der Waals surface area contributed by atoms with E-state index in [9.17, 15) is 27.1 Å². The molecule has 0 aliphatic heterocycles. The van der Waals surface area contributed by atoms with Crippen molar-refractivity contribution in [3.8, 4) is 0 Å². The molecule has 0 fully saturated rings. The minimum absolute atomic E-state index is 0.155. The zero-order chi connectivity index (χ0) is 44.8. The van der Waals surface area contributed by atoms with Crippen LogP contribution in [0.5, 0.6) is 0 Å². The van der Waals surface area contributed by atoms with Gasteiger partial charge < -0.3 is 18.5 Å². The second kappa shape index (κ2) is 38.0. The summed E-state index contributed by atoms with van der Waals surface area (Å²) in [6.45, 7) is 0.921. The summed E-state index contributed by atoms with van der Waals surface area (Å²) in [6, 6.07) is 7.19. The Balaban J connectivity index is 0.00000301. The number of likely N-dealkylation sites (N-methyl/N-ethyl adjacent to an activating group) is 1. The molecule has 2 atom stereocenters. The van der Waals surface area contributed by atoms with Gasteiger partial charge in [0.15, 0.2) is 6.10 Å². The minimum Gasteiger partial charge on any atom is -0.744 e. The second-order valence-corrected chi connectivity index (χ2v) is 21.1. The number of carbonyl (C=O) groups excluding carboxylic acids is 2. The number of quaternary nitrogens is 1. The van der Waals surface area contributed by atoms with Crippen LogP contribution in [-0.4, -0.2) is 83.0 Å². The number of hydrogen-bond donors (Lipinski definition) is 0. The number of benzene rings is 1. The molecule has 352 valence electrons. The van der Waals surface area contributed by atoms with Crippen LogP contribution in [0.3, 0.4) is 0 Å². The van der Waals surface area contributed by atoms with Crippen molar-refractivity contribution < 1.29 is 50.1 Å². The van der Waals surface area contributed by atoms with Crippen LogP contribution in [0.15, 0.2) is 35.2 Å². The zero-order valence-electron chi connectivity index (χ0n) is 38.4. The largest absolute Gasteiger partial charge is 0.744 e. The molecule has 0 aliphatic carbocycles. The van der Waals surface area contributed by atoms with E-state index in [0.717, 1.165) is 38.5 Å². The Bertz CT molecular complexity index is 1330. The number of halogens is 1. The first-order valence-electron chi connectivity index (χ1n) is 23.3. The summed E-state index contributed by atoms with van der Waals surface area (Å²) < 4.78 is 65.8. The maximum Gasteiger partial charge on any atom is 0.424 e. The molecule has 0 N–H and O–H groups in total. The zero-order valence-corrected chi connectivity index (χ0v) is 40.8. The molecule has 1 unspecified atom stereocenters. The summed E-state index contributed by atoms with van der Waals surface area (Å²) in [5.74, 6) is -0.719. The van der Waals surface area contributed by atoms with Crippen LogP contribution in [0, 0.1) is 0 Å². The molecule has 0 saturated heterocycles. The van der Waals surface area contributed by atoms with Crippen molar-refractivity contribution in [1.29, 1.82) is 0 Å². The van der Waals surface area contributed by atoms with Crippen molar-refractivity contribution in [2.45, 2.75) is 205 Å².